The predicted molar refractivity (Wildman–Crippen MR) is 65.8 cm³/mol. The van der Waals surface area contributed by atoms with Crippen LogP contribution in [0.15, 0.2) is 0 Å². The number of hydrogen-bond acceptors (Lipinski definition) is 4. The van der Waals surface area contributed by atoms with Crippen molar-refractivity contribution >= 4 is 10.0 Å². The summed E-state index contributed by atoms with van der Waals surface area (Å²) >= 11 is 0. The van der Waals surface area contributed by atoms with E-state index in [9.17, 15) is 8.42 Å². The van der Waals surface area contributed by atoms with Crippen LogP contribution in [0.5, 0.6) is 0 Å². The minimum absolute atomic E-state index is 0.220. The van der Waals surface area contributed by atoms with Gasteiger partial charge in [-0.15, -0.1) is 0 Å². The molecule has 0 heterocycles. The Labute approximate surface area is 99.0 Å². The van der Waals surface area contributed by atoms with E-state index in [0.29, 0.717) is 39.1 Å². The average molecular weight is 252 g/mol. The predicted octanol–water partition coefficient (Wildman–Crippen LogP) is 0.414. The maximum absolute atomic E-state index is 11.9. The van der Waals surface area contributed by atoms with E-state index < -0.39 is 10.0 Å². The fourth-order valence-corrected chi connectivity index (χ4v) is 2.98. The Morgan fingerprint density at radius 1 is 1.25 bits per heavy atom. The molecule has 0 amide bonds. The SMILES string of the molecule is CCCCS(=O)(=O)N(CCCN)CCOC. The van der Waals surface area contributed by atoms with Gasteiger partial charge < -0.3 is 10.5 Å². The molecule has 0 aliphatic heterocycles. The monoisotopic (exact) mass is 252 g/mol. The zero-order valence-electron chi connectivity index (χ0n) is 10.3. The highest BCUT2D eigenvalue weighted by Gasteiger charge is 2.20. The van der Waals surface area contributed by atoms with Crippen LogP contribution < -0.4 is 5.73 Å². The number of methoxy groups -OCH3 is 1. The van der Waals surface area contributed by atoms with Gasteiger partial charge in [0.05, 0.1) is 12.4 Å². The molecule has 98 valence electrons. The molecule has 0 aliphatic rings. The van der Waals surface area contributed by atoms with Crippen molar-refractivity contribution in [3.63, 3.8) is 0 Å². The van der Waals surface area contributed by atoms with Crippen molar-refractivity contribution < 1.29 is 13.2 Å². The molecule has 0 aliphatic carbocycles. The van der Waals surface area contributed by atoms with E-state index in [0.717, 1.165) is 6.42 Å². The summed E-state index contributed by atoms with van der Waals surface area (Å²) in [5.74, 6) is 0.220. The lowest BCUT2D eigenvalue weighted by molar-refractivity contribution is 0.178. The molecule has 0 bridgehead atoms. The average Bonchev–Trinajstić information content (AvgIpc) is 2.26. The van der Waals surface area contributed by atoms with Gasteiger partial charge >= 0.3 is 0 Å². The maximum atomic E-state index is 11.9. The first-order chi connectivity index (χ1) is 7.58. The molecule has 0 fully saturated rings. The highest BCUT2D eigenvalue weighted by Crippen LogP contribution is 2.05. The normalized spacial score (nSPS) is 12.2. The van der Waals surface area contributed by atoms with E-state index in [-0.39, 0.29) is 5.75 Å². The Balaban J connectivity index is 4.33. The molecule has 0 spiro atoms. The summed E-state index contributed by atoms with van der Waals surface area (Å²) < 4.78 is 30.3. The molecule has 5 nitrogen and oxygen atoms in total. The van der Waals surface area contributed by atoms with Crippen molar-refractivity contribution in [2.75, 3.05) is 39.1 Å². The van der Waals surface area contributed by atoms with Crippen molar-refractivity contribution in [1.82, 2.24) is 4.31 Å². The Bertz CT molecular complexity index is 247. The molecule has 2 N–H and O–H groups in total. The Morgan fingerprint density at radius 3 is 2.44 bits per heavy atom. The van der Waals surface area contributed by atoms with Crippen LogP contribution in [0.1, 0.15) is 26.2 Å². The third kappa shape index (κ3) is 6.42. The number of rotatable bonds is 10. The molecule has 0 aromatic carbocycles. The van der Waals surface area contributed by atoms with Gasteiger partial charge in [0.25, 0.3) is 0 Å². The summed E-state index contributed by atoms with van der Waals surface area (Å²) in [6.45, 7) is 3.83. The highest BCUT2D eigenvalue weighted by molar-refractivity contribution is 7.89. The summed E-state index contributed by atoms with van der Waals surface area (Å²) in [6, 6.07) is 0. The van der Waals surface area contributed by atoms with Crippen LogP contribution in [-0.2, 0) is 14.8 Å². The van der Waals surface area contributed by atoms with Crippen molar-refractivity contribution in [2.24, 2.45) is 5.73 Å². The smallest absolute Gasteiger partial charge is 0.214 e. The summed E-state index contributed by atoms with van der Waals surface area (Å²) in [7, 11) is -1.56. The Morgan fingerprint density at radius 2 is 1.94 bits per heavy atom. The quantitative estimate of drug-likeness (QED) is 0.611. The van der Waals surface area contributed by atoms with Gasteiger partial charge in [0.2, 0.25) is 10.0 Å². The van der Waals surface area contributed by atoms with E-state index in [1.54, 1.807) is 7.11 Å². The standard InChI is InChI=1S/C10H24N2O3S/c1-3-4-10-16(13,14)12(7-5-6-11)8-9-15-2/h3-11H2,1-2H3. The van der Waals surface area contributed by atoms with E-state index in [1.165, 1.54) is 4.31 Å². The van der Waals surface area contributed by atoms with Crippen molar-refractivity contribution in [1.29, 1.82) is 0 Å². The van der Waals surface area contributed by atoms with Crippen LogP contribution in [0.25, 0.3) is 0 Å². The molecular weight excluding hydrogens is 228 g/mol. The molecule has 0 aromatic rings. The first-order valence-electron chi connectivity index (χ1n) is 5.75. The second-order valence-electron chi connectivity index (χ2n) is 3.70. The second kappa shape index (κ2) is 8.92. The minimum Gasteiger partial charge on any atom is -0.383 e. The molecule has 0 unspecified atom stereocenters. The number of unbranched alkanes of at least 4 members (excludes halogenated alkanes) is 1. The molecular formula is C10H24N2O3S. The lowest BCUT2D eigenvalue weighted by Gasteiger charge is -2.21. The summed E-state index contributed by atoms with van der Waals surface area (Å²) in [5.41, 5.74) is 5.40. The van der Waals surface area contributed by atoms with Gasteiger partial charge in [0.1, 0.15) is 0 Å². The van der Waals surface area contributed by atoms with Gasteiger partial charge in [-0.3, -0.25) is 0 Å². The molecule has 0 saturated carbocycles. The molecule has 0 rings (SSSR count). The molecule has 0 atom stereocenters. The lowest BCUT2D eigenvalue weighted by Crippen LogP contribution is -2.37. The minimum atomic E-state index is -3.13. The first kappa shape index (κ1) is 15.8. The zero-order chi connectivity index (χ0) is 12.4. The molecule has 16 heavy (non-hydrogen) atoms. The van der Waals surface area contributed by atoms with Crippen LogP contribution >= 0.6 is 0 Å². The zero-order valence-corrected chi connectivity index (χ0v) is 11.1. The van der Waals surface area contributed by atoms with Gasteiger partial charge in [-0.25, -0.2) is 8.42 Å². The van der Waals surface area contributed by atoms with Crippen molar-refractivity contribution in [3.05, 3.63) is 0 Å². The van der Waals surface area contributed by atoms with Crippen molar-refractivity contribution in [3.8, 4) is 0 Å². The number of hydrogen-bond donors (Lipinski definition) is 1. The highest BCUT2D eigenvalue weighted by atomic mass is 32.2. The summed E-state index contributed by atoms with van der Waals surface area (Å²) in [6.07, 6.45) is 2.28. The Kier molecular flexibility index (Phi) is 8.83. The third-order valence-corrected chi connectivity index (χ3v) is 4.26. The fraction of sp³-hybridized carbons (Fsp3) is 1.00. The van der Waals surface area contributed by atoms with Crippen LogP contribution in [0, 0.1) is 0 Å². The van der Waals surface area contributed by atoms with Gasteiger partial charge in [0.15, 0.2) is 0 Å². The van der Waals surface area contributed by atoms with Crippen LogP contribution in [-0.4, -0.2) is 51.8 Å². The number of nitrogens with zero attached hydrogens (tertiary/aromatic N) is 1. The van der Waals surface area contributed by atoms with Gasteiger partial charge in [-0.05, 0) is 19.4 Å². The van der Waals surface area contributed by atoms with E-state index in [1.807, 2.05) is 6.92 Å². The van der Waals surface area contributed by atoms with Crippen LogP contribution in [0.4, 0.5) is 0 Å². The van der Waals surface area contributed by atoms with E-state index in [2.05, 4.69) is 0 Å². The maximum Gasteiger partial charge on any atom is 0.214 e. The number of nitrogens with two attached hydrogens (primary N) is 1. The van der Waals surface area contributed by atoms with E-state index in [4.69, 9.17) is 10.5 Å². The Hall–Kier alpha value is -0.170. The topological polar surface area (TPSA) is 72.6 Å². The second-order valence-corrected chi connectivity index (χ2v) is 5.79. The molecule has 0 saturated heterocycles. The fourth-order valence-electron chi connectivity index (χ4n) is 1.31. The van der Waals surface area contributed by atoms with Crippen LogP contribution in [0.2, 0.25) is 0 Å². The summed E-state index contributed by atoms with van der Waals surface area (Å²) in [4.78, 5) is 0. The van der Waals surface area contributed by atoms with Gasteiger partial charge in [0, 0.05) is 20.2 Å². The van der Waals surface area contributed by atoms with E-state index >= 15 is 0 Å². The van der Waals surface area contributed by atoms with Crippen molar-refractivity contribution in [2.45, 2.75) is 26.2 Å². The van der Waals surface area contributed by atoms with Gasteiger partial charge in [-0.1, -0.05) is 13.3 Å². The third-order valence-electron chi connectivity index (χ3n) is 2.31. The van der Waals surface area contributed by atoms with Crippen LogP contribution in [0.3, 0.4) is 0 Å². The largest absolute Gasteiger partial charge is 0.383 e. The molecule has 0 aromatic heterocycles. The molecule has 0 radical (unpaired) electrons. The summed E-state index contributed by atoms with van der Waals surface area (Å²) in [5, 5.41) is 0. The number of sulfonamides is 1. The number of ether oxygens (including phenoxy) is 1. The lowest BCUT2D eigenvalue weighted by atomic mass is 10.4. The van der Waals surface area contributed by atoms with Gasteiger partial charge in [-0.2, -0.15) is 4.31 Å². The first-order valence-corrected chi connectivity index (χ1v) is 7.36. The molecule has 6 heteroatoms.